The van der Waals surface area contributed by atoms with E-state index in [1.165, 1.54) is 17.4 Å². The Morgan fingerprint density at radius 1 is 0.974 bits per heavy atom. The Morgan fingerprint density at radius 2 is 1.68 bits per heavy atom. The van der Waals surface area contributed by atoms with Crippen LogP contribution in [0.3, 0.4) is 0 Å². The van der Waals surface area contributed by atoms with Gasteiger partial charge in [0, 0.05) is 24.6 Å². The second kappa shape index (κ2) is 13.2. The topological polar surface area (TPSA) is 58.6 Å². The first kappa shape index (κ1) is 27.4. The SMILES string of the molecule is Cc1ccc(OCC(=O)N(Cc2ccccc2F)[C@H](Cc2ccccc2)C(=O)NC2CCCCC2)c(C)c1. The molecule has 1 atom stereocenters. The maximum absolute atomic E-state index is 14.7. The molecule has 0 aliphatic heterocycles. The fourth-order valence-electron chi connectivity index (χ4n) is 5.09. The van der Waals surface area contributed by atoms with Crippen LogP contribution < -0.4 is 10.1 Å². The van der Waals surface area contributed by atoms with Crippen LogP contribution >= 0.6 is 0 Å². The van der Waals surface area contributed by atoms with Crippen molar-refractivity contribution in [3.05, 3.63) is 101 Å². The molecule has 200 valence electrons. The van der Waals surface area contributed by atoms with Crippen LogP contribution in [0.2, 0.25) is 0 Å². The summed E-state index contributed by atoms with van der Waals surface area (Å²) in [6.45, 7) is 3.65. The van der Waals surface area contributed by atoms with E-state index < -0.39 is 11.9 Å². The van der Waals surface area contributed by atoms with Gasteiger partial charge in [-0.05, 0) is 49.9 Å². The molecule has 0 radical (unpaired) electrons. The molecule has 0 bridgehead atoms. The fourth-order valence-corrected chi connectivity index (χ4v) is 5.09. The van der Waals surface area contributed by atoms with Gasteiger partial charge in [-0.2, -0.15) is 0 Å². The van der Waals surface area contributed by atoms with Crippen molar-refractivity contribution in [3.8, 4) is 5.75 Å². The van der Waals surface area contributed by atoms with Gasteiger partial charge < -0.3 is 15.0 Å². The van der Waals surface area contributed by atoms with Crippen molar-refractivity contribution in [1.29, 1.82) is 0 Å². The fraction of sp³-hybridized carbons (Fsp3) is 0.375. The first-order chi connectivity index (χ1) is 18.4. The minimum Gasteiger partial charge on any atom is -0.483 e. The zero-order chi connectivity index (χ0) is 26.9. The maximum atomic E-state index is 14.7. The molecule has 2 amide bonds. The normalized spacial score (nSPS) is 14.5. The smallest absolute Gasteiger partial charge is 0.261 e. The molecule has 1 fully saturated rings. The number of rotatable bonds is 10. The predicted molar refractivity (Wildman–Crippen MR) is 147 cm³/mol. The quantitative estimate of drug-likeness (QED) is 0.364. The van der Waals surface area contributed by atoms with E-state index in [1.54, 1.807) is 18.2 Å². The number of hydrogen-bond donors (Lipinski definition) is 1. The number of carbonyl (C=O) groups excluding carboxylic acids is 2. The van der Waals surface area contributed by atoms with Gasteiger partial charge in [0.25, 0.3) is 5.91 Å². The first-order valence-electron chi connectivity index (χ1n) is 13.5. The van der Waals surface area contributed by atoms with Gasteiger partial charge in [-0.3, -0.25) is 9.59 Å². The number of carbonyl (C=O) groups is 2. The van der Waals surface area contributed by atoms with Gasteiger partial charge >= 0.3 is 0 Å². The van der Waals surface area contributed by atoms with E-state index in [4.69, 9.17) is 4.74 Å². The van der Waals surface area contributed by atoms with Crippen LogP contribution in [0.15, 0.2) is 72.8 Å². The molecule has 3 aromatic rings. The molecule has 0 unspecified atom stereocenters. The maximum Gasteiger partial charge on any atom is 0.261 e. The lowest BCUT2D eigenvalue weighted by molar-refractivity contribution is -0.143. The van der Waals surface area contributed by atoms with Crippen molar-refractivity contribution >= 4 is 11.8 Å². The van der Waals surface area contributed by atoms with E-state index >= 15 is 0 Å². The average Bonchev–Trinajstić information content (AvgIpc) is 2.92. The van der Waals surface area contributed by atoms with E-state index in [0.717, 1.165) is 42.4 Å². The van der Waals surface area contributed by atoms with E-state index in [-0.39, 0.29) is 31.0 Å². The molecule has 1 saturated carbocycles. The Labute approximate surface area is 225 Å². The van der Waals surface area contributed by atoms with Crippen molar-refractivity contribution in [2.24, 2.45) is 0 Å². The Balaban J connectivity index is 1.62. The summed E-state index contributed by atoms with van der Waals surface area (Å²) in [5.74, 6) is -0.377. The zero-order valence-electron chi connectivity index (χ0n) is 22.3. The van der Waals surface area contributed by atoms with Crippen LogP contribution in [-0.2, 0) is 22.6 Å². The molecule has 1 N–H and O–H groups in total. The highest BCUT2D eigenvalue weighted by Crippen LogP contribution is 2.22. The molecule has 0 heterocycles. The van der Waals surface area contributed by atoms with Gasteiger partial charge in [0.2, 0.25) is 5.91 Å². The summed E-state index contributed by atoms with van der Waals surface area (Å²) in [6.07, 6.45) is 5.52. The van der Waals surface area contributed by atoms with Crippen LogP contribution in [0.1, 0.15) is 54.4 Å². The van der Waals surface area contributed by atoms with Crippen molar-refractivity contribution in [1.82, 2.24) is 10.2 Å². The van der Waals surface area contributed by atoms with Crippen LogP contribution in [0.4, 0.5) is 4.39 Å². The summed E-state index contributed by atoms with van der Waals surface area (Å²) in [7, 11) is 0. The van der Waals surface area contributed by atoms with Crippen LogP contribution in [0, 0.1) is 19.7 Å². The Morgan fingerprint density at radius 3 is 2.39 bits per heavy atom. The minimum absolute atomic E-state index is 0.0304. The highest BCUT2D eigenvalue weighted by Gasteiger charge is 2.32. The Hall–Kier alpha value is -3.67. The minimum atomic E-state index is -0.811. The molecule has 5 nitrogen and oxygen atoms in total. The molecule has 0 spiro atoms. The van der Waals surface area contributed by atoms with Crippen molar-refractivity contribution in [3.63, 3.8) is 0 Å². The van der Waals surface area contributed by atoms with Gasteiger partial charge in [-0.1, -0.05) is 85.5 Å². The molecule has 0 saturated heterocycles. The van der Waals surface area contributed by atoms with Crippen molar-refractivity contribution < 1.29 is 18.7 Å². The molecule has 6 heteroatoms. The lowest BCUT2D eigenvalue weighted by atomic mass is 9.94. The number of nitrogens with one attached hydrogen (secondary N) is 1. The summed E-state index contributed by atoms with van der Waals surface area (Å²) in [4.78, 5) is 29.0. The molecular weight excluding hydrogens is 479 g/mol. The molecule has 1 aliphatic carbocycles. The van der Waals surface area contributed by atoms with Crippen molar-refractivity contribution in [2.75, 3.05) is 6.61 Å². The second-order valence-corrected chi connectivity index (χ2v) is 10.2. The van der Waals surface area contributed by atoms with E-state index in [2.05, 4.69) is 5.32 Å². The molecular formula is C32H37FN2O3. The Bertz CT molecular complexity index is 1220. The van der Waals surface area contributed by atoms with Gasteiger partial charge in [0.1, 0.15) is 17.6 Å². The van der Waals surface area contributed by atoms with Crippen LogP contribution in [0.25, 0.3) is 0 Å². The van der Waals surface area contributed by atoms with E-state index in [0.29, 0.717) is 17.7 Å². The zero-order valence-corrected chi connectivity index (χ0v) is 22.3. The average molecular weight is 517 g/mol. The van der Waals surface area contributed by atoms with Crippen LogP contribution in [0.5, 0.6) is 5.75 Å². The number of benzene rings is 3. The first-order valence-corrected chi connectivity index (χ1v) is 13.5. The van der Waals surface area contributed by atoms with Gasteiger partial charge in [-0.25, -0.2) is 4.39 Å². The highest BCUT2D eigenvalue weighted by molar-refractivity contribution is 5.88. The summed E-state index contributed by atoms with van der Waals surface area (Å²) in [6, 6.07) is 21.1. The molecule has 3 aromatic carbocycles. The largest absolute Gasteiger partial charge is 0.483 e. The second-order valence-electron chi connectivity index (χ2n) is 10.2. The number of ether oxygens (including phenoxy) is 1. The summed E-state index contributed by atoms with van der Waals surface area (Å²) < 4.78 is 20.7. The number of aryl methyl sites for hydroxylation is 2. The lowest BCUT2D eigenvalue weighted by Crippen LogP contribution is -2.53. The third-order valence-corrected chi connectivity index (χ3v) is 7.20. The summed E-state index contributed by atoms with van der Waals surface area (Å²) in [5.41, 5.74) is 3.31. The molecule has 1 aliphatic rings. The number of amides is 2. The summed E-state index contributed by atoms with van der Waals surface area (Å²) in [5, 5.41) is 3.20. The van der Waals surface area contributed by atoms with Gasteiger partial charge in [0.15, 0.2) is 6.61 Å². The monoisotopic (exact) mass is 516 g/mol. The Kier molecular flexibility index (Phi) is 9.52. The van der Waals surface area contributed by atoms with Gasteiger partial charge in [0.05, 0.1) is 0 Å². The molecule has 38 heavy (non-hydrogen) atoms. The van der Waals surface area contributed by atoms with Crippen LogP contribution in [-0.4, -0.2) is 35.4 Å². The highest BCUT2D eigenvalue weighted by atomic mass is 19.1. The third kappa shape index (κ3) is 7.44. The lowest BCUT2D eigenvalue weighted by Gasteiger charge is -2.33. The third-order valence-electron chi connectivity index (χ3n) is 7.20. The molecule has 4 rings (SSSR count). The number of hydrogen-bond acceptors (Lipinski definition) is 3. The van der Waals surface area contributed by atoms with Gasteiger partial charge in [-0.15, -0.1) is 0 Å². The number of nitrogens with zero attached hydrogens (tertiary/aromatic N) is 1. The van der Waals surface area contributed by atoms with E-state index in [9.17, 15) is 14.0 Å². The number of halogens is 1. The predicted octanol–water partition coefficient (Wildman–Crippen LogP) is 5.91. The van der Waals surface area contributed by atoms with Crippen molar-refractivity contribution in [2.45, 2.75) is 71.0 Å². The standard InChI is InChI=1S/C32H37FN2O3/c1-23-17-18-30(24(2)19-23)38-22-31(36)35(21-26-13-9-10-16-28(26)33)29(20-25-11-5-3-6-12-25)32(37)34-27-14-7-4-8-15-27/h3,5-6,9-13,16-19,27,29H,4,7-8,14-15,20-22H2,1-2H3,(H,34,37)/t29-/m1/s1. The molecule has 0 aromatic heterocycles. The summed E-state index contributed by atoms with van der Waals surface area (Å²) >= 11 is 0. The van der Waals surface area contributed by atoms with E-state index in [1.807, 2.05) is 62.4 Å².